The molecule has 2 nitrogen and oxygen atoms in total. The molecule has 0 aliphatic heterocycles. The van der Waals surface area contributed by atoms with Crippen LogP contribution in [0.4, 0.5) is 10.1 Å². The molecule has 2 aromatic rings. The summed E-state index contributed by atoms with van der Waals surface area (Å²) in [4.78, 5) is 0. The number of benzene rings is 2. The van der Waals surface area contributed by atoms with E-state index in [2.05, 4.69) is 29.6 Å². The summed E-state index contributed by atoms with van der Waals surface area (Å²) in [5.41, 5.74) is 2.29. The number of anilines is 1. The molecule has 0 amide bonds. The van der Waals surface area contributed by atoms with Crippen LogP contribution in [0.1, 0.15) is 31.2 Å². The molecule has 1 aliphatic rings. The molecule has 21 heavy (non-hydrogen) atoms. The summed E-state index contributed by atoms with van der Waals surface area (Å²) >= 11 is 0. The Kier molecular flexibility index (Phi) is 4.09. The van der Waals surface area contributed by atoms with Crippen LogP contribution in [0.25, 0.3) is 0 Å². The molecule has 110 valence electrons. The van der Waals surface area contributed by atoms with E-state index >= 15 is 0 Å². The molecule has 0 unspecified atom stereocenters. The van der Waals surface area contributed by atoms with Crippen LogP contribution >= 0.6 is 0 Å². The molecule has 3 heteroatoms. The molecule has 1 aliphatic carbocycles. The first kappa shape index (κ1) is 13.9. The minimum Gasteiger partial charge on any atom is -0.492 e. The van der Waals surface area contributed by atoms with Gasteiger partial charge in [-0.2, -0.15) is 0 Å². The second kappa shape index (κ2) is 6.17. The van der Waals surface area contributed by atoms with Gasteiger partial charge in [0.15, 0.2) is 0 Å². The third-order valence-corrected chi connectivity index (χ3v) is 4.01. The summed E-state index contributed by atoms with van der Waals surface area (Å²) in [7, 11) is 0. The molecule has 0 atom stereocenters. The summed E-state index contributed by atoms with van der Waals surface area (Å²) in [6, 6.07) is 15.7. The quantitative estimate of drug-likeness (QED) is 0.868. The number of rotatable bonds is 5. The van der Waals surface area contributed by atoms with E-state index in [1.165, 1.54) is 17.7 Å². The van der Waals surface area contributed by atoms with Crippen LogP contribution in [0, 0.1) is 5.82 Å². The fraction of sp³-hybridized carbons (Fsp3) is 0.333. The summed E-state index contributed by atoms with van der Waals surface area (Å²) in [5.74, 6) is 0.958. The average Bonchev–Trinajstić information content (AvgIpc) is 2.45. The lowest BCUT2D eigenvalue weighted by molar-refractivity contribution is 0.335. The maximum atomic E-state index is 13.3. The maximum Gasteiger partial charge on any atom is 0.145 e. The predicted octanol–water partition coefficient (Wildman–Crippen LogP) is 4.58. The van der Waals surface area contributed by atoms with Crippen LogP contribution in [0.15, 0.2) is 48.5 Å². The highest BCUT2D eigenvalue weighted by molar-refractivity contribution is 5.57. The van der Waals surface area contributed by atoms with Crippen molar-refractivity contribution in [3.63, 3.8) is 0 Å². The fourth-order valence-electron chi connectivity index (χ4n) is 2.84. The smallest absolute Gasteiger partial charge is 0.145 e. The van der Waals surface area contributed by atoms with Crippen LogP contribution < -0.4 is 10.1 Å². The molecule has 1 saturated carbocycles. The fourth-order valence-corrected chi connectivity index (χ4v) is 2.84. The van der Waals surface area contributed by atoms with Gasteiger partial charge >= 0.3 is 0 Å². The Morgan fingerprint density at radius 3 is 2.62 bits per heavy atom. The Balaban J connectivity index is 1.62. The van der Waals surface area contributed by atoms with Crippen molar-refractivity contribution >= 4 is 5.69 Å². The Morgan fingerprint density at radius 2 is 1.90 bits per heavy atom. The van der Waals surface area contributed by atoms with Crippen molar-refractivity contribution in [2.24, 2.45) is 0 Å². The van der Waals surface area contributed by atoms with Crippen molar-refractivity contribution in [3.8, 4) is 5.75 Å². The van der Waals surface area contributed by atoms with E-state index < -0.39 is 0 Å². The minimum atomic E-state index is -0.264. The van der Waals surface area contributed by atoms with Gasteiger partial charge in [0.25, 0.3) is 0 Å². The van der Waals surface area contributed by atoms with E-state index in [-0.39, 0.29) is 5.82 Å². The summed E-state index contributed by atoms with van der Waals surface area (Å²) in [6.45, 7) is 2.44. The van der Waals surface area contributed by atoms with Gasteiger partial charge in [0.2, 0.25) is 0 Å². The lowest BCUT2D eigenvalue weighted by Crippen LogP contribution is -2.34. The molecule has 0 aromatic heterocycles. The third-order valence-electron chi connectivity index (χ3n) is 4.01. The van der Waals surface area contributed by atoms with Crippen molar-refractivity contribution in [1.29, 1.82) is 0 Å². The second-order valence-corrected chi connectivity index (χ2v) is 5.49. The zero-order valence-corrected chi connectivity index (χ0v) is 12.2. The van der Waals surface area contributed by atoms with E-state index in [1.807, 2.05) is 13.0 Å². The number of nitrogens with one attached hydrogen (secondary N) is 1. The minimum absolute atomic E-state index is 0.264. The van der Waals surface area contributed by atoms with Crippen molar-refractivity contribution in [2.75, 3.05) is 11.9 Å². The molecular formula is C18H20FNO. The van der Waals surface area contributed by atoms with Crippen LogP contribution in [0.5, 0.6) is 5.75 Å². The van der Waals surface area contributed by atoms with Crippen LogP contribution in [-0.4, -0.2) is 12.6 Å². The zero-order valence-electron chi connectivity index (χ0n) is 12.2. The summed E-state index contributed by atoms with van der Waals surface area (Å²) in [5, 5.41) is 3.47. The zero-order chi connectivity index (χ0) is 14.7. The summed E-state index contributed by atoms with van der Waals surface area (Å²) in [6.07, 6.45) is 2.21. The third kappa shape index (κ3) is 3.18. The van der Waals surface area contributed by atoms with E-state index in [9.17, 15) is 4.39 Å². The lowest BCUT2D eigenvalue weighted by atomic mass is 9.76. The number of hydrogen-bond acceptors (Lipinski definition) is 2. The van der Waals surface area contributed by atoms with Gasteiger partial charge in [0.1, 0.15) is 11.6 Å². The molecule has 0 heterocycles. The highest BCUT2D eigenvalue weighted by Crippen LogP contribution is 2.39. The summed E-state index contributed by atoms with van der Waals surface area (Å²) < 4.78 is 18.8. The van der Waals surface area contributed by atoms with E-state index in [0.717, 1.165) is 18.5 Å². The molecule has 2 aromatic carbocycles. The van der Waals surface area contributed by atoms with Crippen molar-refractivity contribution in [2.45, 2.75) is 31.7 Å². The van der Waals surface area contributed by atoms with Crippen molar-refractivity contribution < 1.29 is 9.13 Å². The molecular weight excluding hydrogens is 265 g/mol. The SMILES string of the molecule is CCOc1cc(F)ccc1NC1CC(c2ccccc2)C1. The number of ether oxygens (including phenoxy) is 1. The molecule has 0 saturated heterocycles. The van der Waals surface area contributed by atoms with Gasteiger partial charge in [-0.05, 0) is 43.4 Å². The Hall–Kier alpha value is -2.03. The van der Waals surface area contributed by atoms with Gasteiger partial charge in [0.05, 0.1) is 12.3 Å². The Morgan fingerprint density at radius 1 is 1.14 bits per heavy atom. The van der Waals surface area contributed by atoms with Gasteiger partial charge in [-0.15, -0.1) is 0 Å². The second-order valence-electron chi connectivity index (χ2n) is 5.49. The number of hydrogen-bond donors (Lipinski definition) is 1. The topological polar surface area (TPSA) is 21.3 Å². The highest BCUT2D eigenvalue weighted by Gasteiger charge is 2.30. The van der Waals surface area contributed by atoms with Gasteiger partial charge in [-0.3, -0.25) is 0 Å². The van der Waals surface area contributed by atoms with E-state index in [0.29, 0.717) is 24.3 Å². The normalized spacial score (nSPS) is 20.7. The maximum absolute atomic E-state index is 13.3. The lowest BCUT2D eigenvalue weighted by Gasteiger charge is -2.37. The molecule has 3 rings (SSSR count). The van der Waals surface area contributed by atoms with Gasteiger partial charge in [0, 0.05) is 12.1 Å². The monoisotopic (exact) mass is 285 g/mol. The predicted molar refractivity (Wildman–Crippen MR) is 83.4 cm³/mol. The molecule has 0 spiro atoms. The van der Waals surface area contributed by atoms with Crippen LogP contribution in [-0.2, 0) is 0 Å². The molecule has 1 fully saturated rings. The van der Waals surface area contributed by atoms with Gasteiger partial charge < -0.3 is 10.1 Å². The largest absolute Gasteiger partial charge is 0.492 e. The first-order valence-corrected chi connectivity index (χ1v) is 7.50. The van der Waals surface area contributed by atoms with E-state index in [4.69, 9.17) is 4.74 Å². The van der Waals surface area contributed by atoms with Gasteiger partial charge in [-0.25, -0.2) is 4.39 Å². The molecule has 1 N–H and O–H groups in total. The van der Waals surface area contributed by atoms with Crippen LogP contribution in [0.2, 0.25) is 0 Å². The van der Waals surface area contributed by atoms with Crippen LogP contribution in [0.3, 0.4) is 0 Å². The Bertz CT molecular complexity index is 593. The van der Waals surface area contributed by atoms with Crippen molar-refractivity contribution in [1.82, 2.24) is 0 Å². The van der Waals surface area contributed by atoms with Gasteiger partial charge in [-0.1, -0.05) is 30.3 Å². The molecule has 0 radical (unpaired) electrons. The Labute approximate surface area is 125 Å². The first-order valence-electron chi connectivity index (χ1n) is 7.50. The molecule has 0 bridgehead atoms. The first-order chi connectivity index (χ1) is 10.3. The average molecular weight is 285 g/mol. The highest BCUT2D eigenvalue weighted by atomic mass is 19.1. The number of halogens is 1. The standard InChI is InChI=1S/C18H20FNO/c1-2-21-18-12-15(19)8-9-17(18)20-16-10-14(11-16)13-6-4-3-5-7-13/h3-9,12,14,16,20H,2,10-11H2,1H3. The van der Waals surface area contributed by atoms with Crippen molar-refractivity contribution in [3.05, 3.63) is 59.9 Å². The van der Waals surface area contributed by atoms with E-state index in [1.54, 1.807) is 6.07 Å².